The Morgan fingerprint density at radius 1 is 1.07 bits per heavy atom. The van der Waals surface area contributed by atoms with Crippen LogP contribution in [0.1, 0.15) is 19.8 Å². The van der Waals surface area contributed by atoms with Gasteiger partial charge in [-0.05, 0) is 39.1 Å². The van der Waals surface area contributed by atoms with Crippen LogP contribution in [0, 0.1) is 0 Å². The number of nitrogens with zero attached hydrogens (tertiary/aromatic N) is 2. The second-order valence-electron chi connectivity index (χ2n) is 6.26. The number of nitrogens with one attached hydrogen (secondary N) is 2. The Morgan fingerprint density at radius 2 is 1.89 bits per heavy atom. The molecule has 0 bridgehead atoms. The maximum absolute atomic E-state index is 5.75. The van der Waals surface area contributed by atoms with Crippen molar-refractivity contribution in [3.63, 3.8) is 0 Å². The number of ether oxygens (including phenoxy) is 3. The number of benzene rings is 1. The molecule has 0 aromatic heterocycles. The molecule has 0 aliphatic heterocycles. The number of hydrogen-bond acceptors (Lipinski definition) is 5. The van der Waals surface area contributed by atoms with Gasteiger partial charge in [-0.15, -0.1) is 0 Å². The molecule has 0 spiro atoms. The zero-order chi connectivity index (χ0) is 19.7. The SMILES string of the molecule is CCNC(=NCCCN(C)CCOC)Nc1cccc(OCCCOC)c1. The van der Waals surface area contributed by atoms with Gasteiger partial charge in [-0.1, -0.05) is 6.07 Å². The molecule has 154 valence electrons. The highest BCUT2D eigenvalue weighted by atomic mass is 16.5. The average Bonchev–Trinajstić information content (AvgIpc) is 2.67. The fourth-order valence-electron chi connectivity index (χ4n) is 2.39. The predicted molar refractivity (Wildman–Crippen MR) is 112 cm³/mol. The summed E-state index contributed by atoms with van der Waals surface area (Å²) in [5, 5.41) is 6.63. The van der Waals surface area contributed by atoms with Crippen molar-refractivity contribution in [3.05, 3.63) is 24.3 Å². The van der Waals surface area contributed by atoms with Crippen molar-refractivity contribution in [2.24, 2.45) is 4.99 Å². The van der Waals surface area contributed by atoms with E-state index in [0.29, 0.717) is 13.2 Å². The molecule has 0 amide bonds. The summed E-state index contributed by atoms with van der Waals surface area (Å²) in [4.78, 5) is 6.91. The molecule has 2 N–H and O–H groups in total. The minimum absolute atomic E-state index is 0.641. The first kappa shape index (κ1) is 23.2. The van der Waals surface area contributed by atoms with Gasteiger partial charge in [0.05, 0.1) is 13.2 Å². The van der Waals surface area contributed by atoms with Crippen LogP contribution in [-0.2, 0) is 9.47 Å². The normalized spacial score (nSPS) is 11.7. The van der Waals surface area contributed by atoms with Crippen LogP contribution in [-0.4, -0.2) is 78.1 Å². The highest BCUT2D eigenvalue weighted by Crippen LogP contribution is 2.17. The summed E-state index contributed by atoms with van der Waals surface area (Å²) in [6, 6.07) is 7.92. The maximum atomic E-state index is 5.75. The number of anilines is 1. The maximum Gasteiger partial charge on any atom is 0.195 e. The molecule has 7 nitrogen and oxygen atoms in total. The molecule has 0 unspecified atom stereocenters. The van der Waals surface area contributed by atoms with Gasteiger partial charge < -0.3 is 29.7 Å². The van der Waals surface area contributed by atoms with Gasteiger partial charge in [0.2, 0.25) is 0 Å². The summed E-state index contributed by atoms with van der Waals surface area (Å²) in [6.07, 6.45) is 1.87. The summed E-state index contributed by atoms with van der Waals surface area (Å²) >= 11 is 0. The molecule has 0 radical (unpaired) electrons. The number of rotatable bonds is 14. The Bertz CT molecular complexity index is 526. The van der Waals surface area contributed by atoms with Gasteiger partial charge in [0.25, 0.3) is 0 Å². The number of hydrogen-bond donors (Lipinski definition) is 2. The lowest BCUT2D eigenvalue weighted by molar-refractivity contribution is 0.161. The summed E-state index contributed by atoms with van der Waals surface area (Å²) in [5.41, 5.74) is 0.955. The van der Waals surface area contributed by atoms with Crippen molar-refractivity contribution in [1.82, 2.24) is 10.2 Å². The largest absolute Gasteiger partial charge is 0.493 e. The number of guanidine groups is 1. The fourth-order valence-corrected chi connectivity index (χ4v) is 2.39. The van der Waals surface area contributed by atoms with Crippen molar-refractivity contribution in [1.29, 1.82) is 0 Å². The van der Waals surface area contributed by atoms with Gasteiger partial charge in [0.15, 0.2) is 5.96 Å². The molecule has 1 aromatic rings. The van der Waals surface area contributed by atoms with E-state index in [1.165, 1.54) is 0 Å². The van der Waals surface area contributed by atoms with E-state index in [1.54, 1.807) is 14.2 Å². The van der Waals surface area contributed by atoms with Gasteiger partial charge in [0.1, 0.15) is 5.75 Å². The second kappa shape index (κ2) is 15.2. The summed E-state index contributed by atoms with van der Waals surface area (Å²) in [5.74, 6) is 1.63. The van der Waals surface area contributed by atoms with Gasteiger partial charge >= 0.3 is 0 Å². The van der Waals surface area contributed by atoms with E-state index in [0.717, 1.165) is 63.0 Å². The van der Waals surface area contributed by atoms with Crippen molar-refractivity contribution in [2.45, 2.75) is 19.8 Å². The van der Waals surface area contributed by atoms with Crippen LogP contribution in [0.5, 0.6) is 5.75 Å². The van der Waals surface area contributed by atoms with E-state index >= 15 is 0 Å². The molecule has 0 aliphatic rings. The molecule has 0 saturated carbocycles. The van der Waals surface area contributed by atoms with E-state index in [2.05, 4.69) is 34.5 Å². The Kier molecular flexibility index (Phi) is 13.1. The monoisotopic (exact) mass is 380 g/mol. The molecule has 0 fully saturated rings. The van der Waals surface area contributed by atoms with Crippen LogP contribution in [0.25, 0.3) is 0 Å². The second-order valence-corrected chi connectivity index (χ2v) is 6.26. The van der Waals surface area contributed by atoms with Gasteiger partial charge in [-0.2, -0.15) is 0 Å². The van der Waals surface area contributed by atoms with Crippen LogP contribution in [0.4, 0.5) is 5.69 Å². The fraction of sp³-hybridized carbons (Fsp3) is 0.650. The standard InChI is InChI=1S/C20H36N4O3/c1-5-21-20(22-11-7-12-24(2)13-16-26-4)23-18-9-6-10-19(17-18)27-15-8-14-25-3/h6,9-10,17H,5,7-8,11-16H2,1-4H3,(H2,21,22,23). The molecule has 1 aromatic carbocycles. The first-order valence-electron chi connectivity index (χ1n) is 9.64. The summed E-state index contributed by atoms with van der Waals surface area (Å²) < 4.78 is 15.9. The topological polar surface area (TPSA) is 67.4 Å². The Hall–Kier alpha value is -1.83. The number of likely N-dealkylation sites (N-methyl/N-ethyl adjacent to an activating group) is 1. The zero-order valence-corrected chi connectivity index (χ0v) is 17.3. The Labute approximate surface area is 164 Å². The van der Waals surface area contributed by atoms with Crippen LogP contribution in [0.2, 0.25) is 0 Å². The van der Waals surface area contributed by atoms with Crippen molar-refractivity contribution < 1.29 is 14.2 Å². The predicted octanol–water partition coefficient (Wildman–Crippen LogP) is 2.45. The number of methoxy groups -OCH3 is 2. The molecular formula is C20H36N4O3. The van der Waals surface area contributed by atoms with Crippen LogP contribution < -0.4 is 15.4 Å². The highest BCUT2D eigenvalue weighted by molar-refractivity contribution is 5.93. The van der Waals surface area contributed by atoms with E-state index in [1.807, 2.05) is 24.3 Å². The van der Waals surface area contributed by atoms with E-state index < -0.39 is 0 Å². The first-order chi connectivity index (χ1) is 13.2. The quantitative estimate of drug-likeness (QED) is 0.294. The molecular weight excluding hydrogens is 344 g/mol. The van der Waals surface area contributed by atoms with Crippen molar-refractivity contribution in [2.75, 3.05) is 72.6 Å². The third kappa shape index (κ3) is 11.5. The van der Waals surface area contributed by atoms with E-state index in [-0.39, 0.29) is 0 Å². The Balaban J connectivity index is 2.48. The average molecular weight is 381 g/mol. The van der Waals surface area contributed by atoms with Gasteiger partial charge in [-0.3, -0.25) is 4.99 Å². The summed E-state index contributed by atoms with van der Waals surface area (Å²) in [7, 11) is 5.53. The van der Waals surface area contributed by atoms with Crippen LogP contribution >= 0.6 is 0 Å². The third-order valence-corrected chi connectivity index (χ3v) is 3.85. The molecule has 0 aliphatic carbocycles. The minimum atomic E-state index is 0.641. The Morgan fingerprint density at radius 3 is 2.63 bits per heavy atom. The van der Waals surface area contributed by atoms with Crippen molar-refractivity contribution >= 4 is 11.6 Å². The van der Waals surface area contributed by atoms with E-state index in [4.69, 9.17) is 14.2 Å². The lowest BCUT2D eigenvalue weighted by Gasteiger charge is -2.16. The first-order valence-corrected chi connectivity index (χ1v) is 9.64. The molecule has 7 heteroatoms. The van der Waals surface area contributed by atoms with Gasteiger partial charge in [-0.25, -0.2) is 0 Å². The summed E-state index contributed by atoms with van der Waals surface area (Å²) in [6.45, 7) is 7.68. The number of aliphatic imine (C=N–C) groups is 1. The minimum Gasteiger partial charge on any atom is -0.493 e. The lowest BCUT2D eigenvalue weighted by Crippen LogP contribution is -2.31. The molecule has 0 atom stereocenters. The van der Waals surface area contributed by atoms with Gasteiger partial charge in [0, 0.05) is 58.6 Å². The van der Waals surface area contributed by atoms with Crippen LogP contribution in [0.15, 0.2) is 29.3 Å². The smallest absolute Gasteiger partial charge is 0.195 e. The third-order valence-electron chi connectivity index (χ3n) is 3.85. The zero-order valence-electron chi connectivity index (χ0n) is 17.3. The molecule has 1 rings (SSSR count). The molecule has 0 saturated heterocycles. The molecule has 27 heavy (non-hydrogen) atoms. The van der Waals surface area contributed by atoms with Crippen molar-refractivity contribution in [3.8, 4) is 5.75 Å². The lowest BCUT2D eigenvalue weighted by atomic mass is 10.3. The molecule has 0 heterocycles. The van der Waals surface area contributed by atoms with E-state index in [9.17, 15) is 0 Å². The highest BCUT2D eigenvalue weighted by Gasteiger charge is 2.02. The van der Waals surface area contributed by atoms with Crippen LogP contribution in [0.3, 0.4) is 0 Å².